The number of hydrogen-bond acceptors (Lipinski definition) is 2. The Kier molecular flexibility index (Phi) is 5.71. The van der Waals surface area contributed by atoms with Crippen LogP contribution in [-0.2, 0) is 6.42 Å². The van der Waals surface area contributed by atoms with Crippen LogP contribution in [0.2, 0.25) is 0 Å². The van der Waals surface area contributed by atoms with Crippen molar-refractivity contribution in [3.63, 3.8) is 0 Å². The number of anilines is 1. The lowest BCUT2D eigenvalue weighted by molar-refractivity contribution is 0.0817. The molecule has 0 fully saturated rings. The van der Waals surface area contributed by atoms with Crippen molar-refractivity contribution in [3.05, 3.63) is 65.2 Å². The zero-order valence-electron chi connectivity index (χ0n) is 15.8. The summed E-state index contributed by atoms with van der Waals surface area (Å²) in [6, 6.07) is 16.4. The number of nitrogens with one attached hydrogen (secondary N) is 1. The van der Waals surface area contributed by atoms with Gasteiger partial charge in [-0.25, -0.2) is 0 Å². The second-order valence-electron chi connectivity index (χ2n) is 6.93. The number of amidine groups is 1. The molecule has 26 heavy (non-hydrogen) atoms. The number of aryl methyl sites for hydroxylation is 1. The van der Waals surface area contributed by atoms with Crippen LogP contribution in [-0.4, -0.2) is 30.2 Å². The molecule has 4 nitrogen and oxygen atoms in total. The lowest BCUT2D eigenvalue weighted by Crippen LogP contribution is -2.31. The Morgan fingerprint density at radius 2 is 1.88 bits per heavy atom. The quantitative estimate of drug-likeness (QED) is 0.851. The summed E-state index contributed by atoms with van der Waals surface area (Å²) >= 11 is 0. The summed E-state index contributed by atoms with van der Waals surface area (Å²) < 4.78 is 0. The number of unbranched alkanes of at least 4 members (excludes halogenated alkanes) is 1. The minimum absolute atomic E-state index is 0.0197. The first-order valence-corrected chi connectivity index (χ1v) is 9.35. The van der Waals surface area contributed by atoms with Crippen LogP contribution in [0.15, 0.2) is 53.5 Å². The van der Waals surface area contributed by atoms with Gasteiger partial charge in [0.15, 0.2) is 0 Å². The first-order valence-electron chi connectivity index (χ1n) is 9.35. The fourth-order valence-corrected chi connectivity index (χ4v) is 3.20. The van der Waals surface area contributed by atoms with Gasteiger partial charge in [0, 0.05) is 7.05 Å². The summed E-state index contributed by atoms with van der Waals surface area (Å²) in [5.74, 6) is 0.833. The summed E-state index contributed by atoms with van der Waals surface area (Å²) in [7, 11) is 1.81. The Balaban J connectivity index is 1.79. The van der Waals surface area contributed by atoms with E-state index in [1.807, 2.05) is 31.3 Å². The number of carbonyl (C=O) groups excluding carboxylic acids is 1. The first kappa shape index (κ1) is 18.2. The average Bonchev–Trinajstić information content (AvgIpc) is 2.77. The predicted molar refractivity (Wildman–Crippen MR) is 108 cm³/mol. The molecule has 136 valence electrons. The highest BCUT2D eigenvalue weighted by Crippen LogP contribution is 2.23. The number of nitrogens with zero attached hydrogens (tertiary/aromatic N) is 2. The van der Waals surface area contributed by atoms with Gasteiger partial charge in [-0.15, -0.1) is 0 Å². The number of benzene rings is 2. The van der Waals surface area contributed by atoms with Gasteiger partial charge in [-0.2, -0.15) is 0 Å². The van der Waals surface area contributed by atoms with Crippen LogP contribution < -0.4 is 5.32 Å². The molecular formula is C22H27N3O. The van der Waals surface area contributed by atoms with E-state index in [1.165, 1.54) is 24.0 Å². The van der Waals surface area contributed by atoms with E-state index in [2.05, 4.69) is 43.4 Å². The third kappa shape index (κ3) is 4.13. The molecule has 1 N–H and O–H groups in total. The van der Waals surface area contributed by atoms with Crippen molar-refractivity contribution in [1.29, 1.82) is 0 Å². The van der Waals surface area contributed by atoms with Crippen molar-refractivity contribution in [2.45, 2.75) is 39.2 Å². The molecule has 0 saturated carbocycles. The number of para-hydroxylation sites is 1. The minimum Gasteiger partial charge on any atom is -0.342 e. The van der Waals surface area contributed by atoms with Crippen molar-refractivity contribution in [2.24, 2.45) is 4.99 Å². The second-order valence-corrected chi connectivity index (χ2v) is 6.93. The molecule has 0 aromatic heterocycles. The first-order chi connectivity index (χ1) is 12.6. The van der Waals surface area contributed by atoms with E-state index in [0.717, 1.165) is 17.9 Å². The van der Waals surface area contributed by atoms with Crippen LogP contribution in [0.1, 0.15) is 54.2 Å². The molecule has 0 bridgehead atoms. The van der Waals surface area contributed by atoms with E-state index < -0.39 is 0 Å². The molecule has 4 heteroatoms. The highest BCUT2D eigenvalue weighted by atomic mass is 16.2. The third-order valence-electron chi connectivity index (χ3n) is 4.80. The van der Waals surface area contributed by atoms with Gasteiger partial charge in [0.1, 0.15) is 5.84 Å². The molecule has 2 aromatic carbocycles. The lowest BCUT2D eigenvalue weighted by Gasteiger charge is -2.16. The van der Waals surface area contributed by atoms with Gasteiger partial charge in [0.25, 0.3) is 5.91 Å². The SMILES string of the molecule is CCCCc1ccc(C(C)N=C2CN(C)C(=O)c3ccccc3N2)cc1. The summed E-state index contributed by atoms with van der Waals surface area (Å²) in [5.41, 5.74) is 4.07. The van der Waals surface area contributed by atoms with E-state index in [1.54, 1.807) is 4.90 Å². The Hall–Kier alpha value is -2.62. The Morgan fingerprint density at radius 3 is 2.62 bits per heavy atom. The highest BCUT2D eigenvalue weighted by Gasteiger charge is 2.22. The number of amides is 1. The number of aliphatic imine (C=N–C) groups is 1. The van der Waals surface area contributed by atoms with Gasteiger partial charge in [-0.1, -0.05) is 49.7 Å². The van der Waals surface area contributed by atoms with Gasteiger partial charge in [0.2, 0.25) is 0 Å². The average molecular weight is 349 g/mol. The Morgan fingerprint density at radius 1 is 1.15 bits per heavy atom. The number of fused-ring (bicyclic) bond motifs is 1. The zero-order chi connectivity index (χ0) is 18.5. The van der Waals surface area contributed by atoms with E-state index >= 15 is 0 Å². The molecule has 1 aliphatic heterocycles. The lowest BCUT2D eigenvalue weighted by atomic mass is 10.0. The van der Waals surface area contributed by atoms with Crippen molar-refractivity contribution in [3.8, 4) is 0 Å². The third-order valence-corrected chi connectivity index (χ3v) is 4.80. The Bertz CT molecular complexity index is 795. The fraction of sp³-hybridized carbons (Fsp3) is 0.364. The Labute approximate surface area is 155 Å². The molecule has 0 spiro atoms. The van der Waals surface area contributed by atoms with Crippen molar-refractivity contribution < 1.29 is 4.79 Å². The second kappa shape index (κ2) is 8.17. The molecular weight excluding hydrogens is 322 g/mol. The predicted octanol–water partition coefficient (Wildman–Crippen LogP) is 4.69. The fourth-order valence-electron chi connectivity index (χ4n) is 3.20. The molecule has 1 aliphatic rings. The van der Waals surface area contributed by atoms with E-state index in [9.17, 15) is 4.79 Å². The normalized spacial score (nSPS) is 16.8. The summed E-state index contributed by atoms with van der Waals surface area (Å²) in [4.78, 5) is 19.1. The molecule has 2 aromatic rings. The molecule has 1 amide bonds. The monoisotopic (exact) mass is 349 g/mol. The number of carbonyl (C=O) groups is 1. The van der Waals surface area contributed by atoms with Crippen molar-refractivity contribution in [1.82, 2.24) is 4.90 Å². The standard InChI is InChI=1S/C22H27N3O/c1-4-5-8-17-11-13-18(14-12-17)16(2)23-21-15-25(3)22(26)19-9-6-7-10-20(19)24-21/h6-7,9-14,16H,4-5,8,15H2,1-3H3,(H,23,24). The zero-order valence-corrected chi connectivity index (χ0v) is 15.8. The van der Waals surface area contributed by atoms with Crippen LogP contribution in [0.4, 0.5) is 5.69 Å². The van der Waals surface area contributed by atoms with Crippen molar-refractivity contribution >= 4 is 17.4 Å². The van der Waals surface area contributed by atoms with Crippen LogP contribution >= 0.6 is 0 Å². The molecule has 3 rings (SSSR count). The maximum atomic E-state index is 12.5. The van der Waals surface area contributed by atoms with Crippen LogP contribution in [0.5, 0.6) is 0 Å². The maximum Gasteiger partial charge on any atom is 0.256 e. The molecule has 0 saturated heterocycles. The van der Waals surface area contributed by atoms with E-state index in [0.29, 0.717) is 12.1 Å². The van der Waals surface area contributed by atoms with Gasteiger partial charge < -0.3 is 10.2 Å². The molecule has 1 unspecified atom stereocenters. The largest absolute Gasteiger partial charge is 0.342 e. The maximum absolute atomic E-state index is 12.5. The van der Waals surface area contributed by atoms with Gasteiger partial charge in [-0.05, 0) is 43.0 Å². The minimum atomic E-state index is 0.0197. The molecule has 1 atom stereocenters. The van der Waals surface area contributed by atoms with Crippen molar-refractivity contribution in [2.75, 3.05) is 18.9 Å². The number of likely N-dealkylation sites (N-methyl/N-ethyl adjacent to an activating group) is 1. The number of hydrogen-bond donors (Lipinski definition) is 1. The summed E-state index contributed by atoms with van der Waals surface area (Å²) in [6.45, 7) is 4.78. The van der Waals surface area contributed by atoms with Gasteiger partial charge >= 0.3 is 0 Å². The van der Waals surface area contributed by atoms with Gasteiger partial charge in [-0.3, -0.25) is 9.79 Å². The smallest absolute Gasteiger partial charge is 0.256 e. The molecule has 0 radical (unpaired) electrons. The van der Waals surface area contributed by atoms with E-state index in [-0.39, 0.29) is 11.9 Å². The number of rotatable bonds is 5. The molecule has 0 aliphatic carbocycles. The van der Waals surface area contributed by atoms with Crippen LogP contribution in [0, 0.1) is 0 Å². The highest BCUT2D eigenvalue weighted by molar-refractivity contribution is 6.10. The van der Waals surface area contributed by atoms with Gasteiger partial charge in [0.05, 0.1) is 23.8 Å². The topological polar surface area (TPSA) is 44.7 Å². The summed E-state index contributed by atoms with van der Waals surface area (Å²) in [5, 5.41) is 3.35. The van der Waals surface area contributed by atoms with Crippen LogP contribution in [0.25, 0.3) is 0 Å². The molecule has 1 heterocycles. The van der Waals surface area contributed by atoms with Crippen LogP contribution in [0.3, 0.4) is 0 Å². The summed E-state index contributed by atoms with van der Waals surface area (Å²) in [6.07, 6.45) is 3.57. The van der Waals surface area contributed by atoms with E-state index in [4.69, 9.17) is 4.99 Å².